The van der Waals surface area contributed by atoms with Crippen LogP contribution < -0.4 is 5.32 Å². The van der Waals surface area contributed by atoms with Crippen molar-refractivity contribution in [1.82, 2.24) is 0 Å². The summed E-state index contributed by atoms with van der Waals surface area (Å²) in [5.41, 5.74) is 2.17. The minimum Gasteiger partial charge on any atom is -0.378 e. The van der Waals surface area contributed by atoms with Gasteiger partial charge in [0.15, 0.2) is 5.78 Å². The number of carbonyl (C=O) groups is 1. The van der Waals surface area contributed by atoms with E-state index in [1.807, 2.05) is 18.2 Å². The first kappa shape index (κ1) is 13.4. The van der Waals surface area contributed by atoms with Gasteiger partial charge in [-0.25, -0.2) is 0 Å². The Morgan fingerprint density at radius 3 is 2.45 bits per heavy atom. The Morgan fingerprint density at radius 2 is 1.80 bits per heavy atom. The fourth-order valence-electron chi connectivity index (χ4n) is 3.55. The van der Waals surface area contributed by atoms with Gasteiger partial charge in [-0.1, -0.05) is 43.5 Å². The number of nitrogens with one attached hydrogen (secondary N) is 1. The zero-order valence-corrected chi connectivity index (χ0v) is 12.0. The van der Waals surface area contributed by atoms with Gasteiger partial charge in [0.1, 0.15) is 0 Å². The van der Waals surface area contributed by atoms with E-state index >= 15 is 0 Å². The lowest BCUT2D eigenvalue weighted by molar-refractivity contribution is -0.115. The van der Waals surface area contributed by atoms with E-state index in [0.717, 1.165) is 17.7 Å². The molecule has 0 aliphatic heterocycles. The van der Waals surface area contributed by atoms with Gasteiger partial charge in [-0.15, -0.1) is 0 Å². The van der Waals surface area contributed by atoms with Crippen molar-refractivity contribution in [3.63, 3.8) is 0 Å². The topological polar surface area (TPSA) is 29.1 Å². The zero-order valence-electron chi connectivity index (χ0n) is 12.0. The van der Waals surface area contributed by atoms with Crippen LogP contribution in [-0.4, -0.2) is 11.8 Å². The Balaban J connectivity index is 1.81. The summed E-state index contributed by atoms with van der Waals surface area (Å²) in [6, 6.07) is 10.5. The lowest BCUT2D eigenvalue weighted by Crippen LogP contribution is -2.34. The van der Waals surface area contributed by atoms with Crippen LogP contribution in [0.4, 0.5) is 5.69 Å². The van der Waals surface area contributed by atoms with Crippen molar-refractivity contribution in [2.45, 2.75) is 51.0 Å². The third kappa shape index (κ3) is 2.95. The molecule has 1 saturated carbocycles. The molecule has 3 rings (SSSR count). The van der Waals surface area contributed by atoms with Crippen LogP contribution in [0.25, 0.3) is 0 Å². The molecule has 1 unspecified atom stereocenters. The third-order valence-electron chi connectivity index (χ3n) is 4.61. The van der Waals surface area contributed by atoms with Crippen LogP contribution in [0, 0.1) is 5.92 Å². The molecule has 0 saturated heterocycles. The second-order valence-corrected chi connectivity index (χ2v) is 6.01. The van der Waals surface area contributed by atoms with Gasteiger partial charge in [-0.05, 0) is 37.3 Å². The second-order valence-electron chi connectivity index (χ2n) is 6.01. The maximum Gasteiger partial charge on any atom is 0.160 e. The first-order valence-corrected chi connectivity index (χ1v) is 7.89. The first-order chi connectivity index (χ1) is 9.84. The number of allylic oxidation sites excluding steroid dienone is 1. The molecule has 1 atom stereocenters. The highest BCUT2D eigenvalue weighted by atomic mass is 16.1. The standard InChI is InChI=1S/C18H23NO/c20-17-13-7-12-16(17)18(14-8-3-1-4-9-14)19-15-10-5-2-6-11-15/h2,5-6,10-12,14,18-19H,1,3-4,7-9,13H2. The molecule has 0 heterocycles. The van der Waals surface area contributed by atoms with Crippen molar-refractivity contribution in [1.29, 1.82) is 0 Å². The molecule has 2 aliphatic carbocycles. The van der Waals surface area contributed by atoms with Crippen molar-refractivity contribution >= 4 is 11.5 Å². The van der Waals surface area contributed by atoms with Crippen molar-refractivity contribution in [3.8, 4) is 0 Å². The SMILES string of the molecule is O=C1CCC=C1C(Nc1ccccc1)C1CCCCC1. The average molecular weight is 269 g/mol. The Hall–Kier alpha value is -1.57. The molecule has 0 radical (unpaired) electrons. The Labute approximate surface area is 121 Å². The van der Waals surface area contributed by atoms with Gasteiger partial charge in [0.2, 0.25) is 0 Å². The maximum absolute atomic E-state index is 12.1. The van der Waals surface area contributed by atoms with Crippen molar-refractivity contribution in [2.75, 3.05) is 5.32 Å². The van der Waals surface area contributed by atoms with Gasteiger partial charge in [-0.3, -0.25) is 4.79 Å². The number of rotatable bonds is 4. The molecule has 1 N–H and O–H groups in total. The highest BCUT2D eigenvalue weighted by molar-refractivity contribution is 5.99. The van der Waals surface area contributed by atoms with Crippen LogP contribution in [0.15, 0.2) is 42.0 Å². The molecule has 106 valence electrons. The molecule has 0 amide bonds. The number of Topliss-reactive ketones (excluding diaryl/α,β-unsaturated/α-hetero) is 1. The quantitative estimate of drug-likeness (QED) is 0.881. The highest BCUT2D eigenvalue weighted by Gasteiger charge is 2.31. The molecule has 0 aromatic heterocycles. The smallest absolute Gasteiger partial charge is 0.160 e. The second kappa shape index (κ2) is 6.25. The van der Waals surface area contributed by atoms with E-state index in [-0.39, 0.29) is 6.04 Å². The van der Waals surface area contributed by atoms with Crippen LogP contribution in [0.1, 0.15) is 44.9 Å². The van der Waals surface area contributed by atoms with E-state index in [0.29, 0.717) is 18.1 Å². The minimum absolute atomic E-state index is 0.215. The van der Waals surface area contributed by atoms with Crippen LogP contribution in [0.5, 0.6) is 0 Å². The monoisotopic (exact) mass is 269 g/mol. The summed E-state index contributed by atoms with van der Waals surface area (Å²) in [7, 11) is 0. The van der Waals surface area contributed by atoms with Crippen molar-refractivity contribution in [3.05, 3.63) is 42.0 Å². The molecule has 1 aromatic rings. The van der Waals surface area contributed by atoms with Crippen LogP contribution in [-0.2, 0) is 4.79 Å². The summed E-state index contributed by atoms with van der Waals surface area (Å²) in [4.78, 5) is 12.1. The normalized spacial score (nSPS) is 21.6. The van der Waals surface area contributed by atoms with Crippen LogP contribution in [0.2, 0.25) is 0 Å². The molecule has 20 heavy (non-hydrogen) atoms. The molecular weight excluding hydrogens is 246 g/mol. The molecule has 2 nitrogen and oxygen atoms in total. The van der Waals surface area contributed by atoms with Gasteiger partial charge < -0.3 is 5.32 Å². The van der Waals surface area contributed by atoms with E-state index in [4.69, 9.17) is 0 Å². The van der Waals surface area contributed by atoms with E-state index in [2.05, 4.69) is 23.5 Å². The third-order valence-corrected chi connectivity index (χ3v) is 4.61. The fourth-order valence-corrected chi connectivity index (χ4v) is 3.55. The molecule has 2 heteroatoms. The molecule has 0 bridgehead atoms. The summed E-state index contributed by atoms with van der Waals surface area (Å²) in [6.45, 7) is 0. The van der Waals surface area contributed by atoms with Crippen LogP contribution in [0.3, 0.4) is 0 Å². The average Bonchev–Trinajstić information content (AvgIpc) is 2.93. The fraction of sp³-hybridized carbons (Fsp3) is 0.500. The maximum atomic E-state index is 12.1. The summed E-state index contributed by atoms with van der Waals surface area (Å²) in [5.74, 6) is 0.960. The van der Waals surface area contributed by atoms with Crippen molar-refractivity contribution < 1.29 is 4.79 Å². The Bertz CT molecular complexity index is 485. The summed E-state index contributed by atoms with van der Waals surface area (Å²) in [6.07, 6.45) is 10.2. The van der Waals surface area contributed by atoms with Gasteiger partial charge in [-0.2, -0.15) is 0 Å². The Morgan fingerprint density at radius 1 is 1.05 bits per heavy atom. The molecular formula is C18H23NO. The van der Waals surface area contributed by atoms with Crippen LogP contribution >= 0.6 is 0 Å². The number of hydrogen-bond acceptors (Lipinski definition) is 2. The number of anilines is 1. The number of para-hydroxylation sites is 1. The lowest BCUT2D eigenvalue weighted by atomic mass is 9.80. The van der Waals surface area contributed by atoms with Gasteiger partial charge in [0, 0.05) is 17.7 Å². The number of carbonyl (C=O) groups excluding carboxylic acids is 1. The number of benzene rings is 1. The summed E-state index contributed by atoms with van der Waals surface area (Å²) >= 11 is 0. The lowest BCUT2D eigenvalue weighted by Gasteiger charge is -2.32. The number of ketones is 1. The van der Waals surface area contributed by atoms with E-state index in [9.17, 15) is 4.79 Å². The summed E-state index contributed by atoms with van der Waals surface area (Å²) in [5, 5.41) is 3.63. The minimum atomic E-state index is 0.215. The largest absolute Gasteiger partial charge is 0.378 e. The number of hydrogen-bond donors (Lipinski definition) is 1. The summed E-state index contributed by atoms with van der Waals surface area (Å²) < 4.78 is 0. The van der Waals surface area contributed by atoms with E-state index < -0.39 is 0 Å². The molecule has 1 aromatic carbocycles. The first-order valence-electron chi connectivity index (χ1n) is 7.89. The highest BCUT2D eigenvalue weighted by Crippen LogP contribution is 2.33. The van der Waals surface area contributed by atoms with Gasteiger partial charge in [0.25, 0.3) is 0 Å². The molecule has 2 aliphatic rings. The van der Waals surface area contributed by atoms with Crippen molar-refractivity contribution in [2.24, 2.45) is 5.92 Å². The van der Waals surface area contributed by atoms with Gasteiger partial charge in [0.05, 0.1) is 6.04 Å². The van der Waals surface area contributed by atoms with E-state index in [1.165, 1.54) is 32.1 Å². The predicted molar refractivity (Wildman–Crippen MR) is 82.8 cm³/mol. The molecule has 0 spiro atoms. The Kier molecular flexibility index (Phi) is 4.19. The van der Waals surface area contributed by atoms with Gasteiger partial charge >= 0.3 is 0 Å². The predicted octanol–water partition coefficient (Wildman–Crippen LogP) is 4.34. The van der Waals surface area contributed by atoms with E-state index in [1.54, 1.807) is 0 Å². The zero-order chi connectivity index (χ0) is 13.8. The molecule has 1 fully saturated rings.